The first-order valence-corrected chi connectivity index (χ1v) is 6.22. The lowest BCUT2D eigenvalue weighted by atomic mass is 9.98. The molecule has 0 aliphatic carbocycles. The molecule has 1 amide bonds. The summed E-state index contributed by atoms with van der Waals surface area (Å²) in [7, 11) is 1.71. The SMILES string of the molecule is CCC[C@@H](N)C(=O)N1CCCC(COC)C1. The molecular formula is C12H24N2O2. The zero-order valence-corrected chi connectivity index (χ0v) is 10.4. The molecule has 1 aliphatic rings. The molecule has 4 nitrogen and oxygen atoms in total. The van der Waals surface area contributed by atoms with E-state index < -0.39 is 0 Å². The maximum absolute atomic E-state index is 12.0. The Hall–Kier alpha value is -0.610. The van der Waals surface area contributed by atoms with Gasteiger partial charge in [-0.1, -0.05) is 13.3 Å². The van der Waals surface area contributed by atoms with Crippen LogP contribution in [0.15, 0.2) is 0 Å². The van der Waals surface area contributed by atoms with Gasteiger partial charge in [0.1, 0.15) is 0 Å². The van der Waals surface area contributed by atoms with Crippen LogP contribution in [0.25, 0.3) is 0 Å². The molecule has 1 rings (SSSR count). The molecule has 94 valence electrons. The van der Waals surface area contributed by atoms with E-state index in [4.69, 9.17) is 10.5 Å². The third-order valence-corrected chi connectivity index (χ3v) is 3.15. The molecule has 16 heavy (non-hydrogen) atoms. The Morgan fingerprint density at radius 2 is 2.38 bits per heavy atom. The number of ether oxygens (including phenoxy) is 1. The highest BCUT2D eigenvalue weighted by Gasteiger charge is 2.26. The molecule has 0 spiro atoms. The summed E-state index contributed by atoms with van der Waals surface area (Å²) in [4.78, 5) is 13.9. The van der Waals surface area contributed by atoms with Gasteiger partial charge < -0.3 is 15.4 Å². The zero-order chi connectivity index (χ0) is 12.0. The third kappa shape index (κ3) is 3.76. The quantitative estimate of drug-likeness (QED) is 0.763. The summed E-state index contributed by atoms with van der Waals surface area (Å²) in [5.41, 5.74) is 5.86. The van der Waals surface area contributed by atoms with E-state index in [9.17, 15) is 4.79 Å². The van der Waals surface area contributed by atoms with E-state index in [1.165, 1.54) is 0 Å². The summed E-state index contributed by atoms with van der Waals surface area (Å²) in [5, 5.41) is 0. The van der Waals surface area contributed by atoms with E-state index in [-0.39, 0.29) is 11.9 Å². The Morgan fingerprint density at radius 1 is 1.62 bits per heavy atom. The summed E-state index contributed by atoms with van der Waals surface area (Å²) >= 11 is 0. The van der Waals surface area contributed by atoms with E-state index in [2.05, 4.69) is 6.92 Å². The summed E-state index contributed by atoms with van der Waals surface area (Å²) in [6, 6.07) is -0.314. The smallest absolute Gasteiger partial charge is 0.239 e. The minimum absolute atomic E-state index is 0.114. The molecule has 0 aromatic rings. The first kappa shape index (κ1) is 13.5. The van der Waals surface area contributed by atoms with Crippen molar-refractivity contribution >= 4 is 5.91 Å². The van der Waals surface area contributed by atoms with Gasteiger partial charge in [-0.3, -0.25) is 4.79 Å². The van der Waals surface area contributed by atoms with Crippen LogP contribution in [0.3, 0.4) is 0 Å². The molecule has 1 heterocycles. The molecular weight excluding hydrogens is 204 g/mol. The number of nitrogens with zero attached hydrogens (tertiary/aromatic N) is 1. The first-order valence-electron chi connectivity index (χ1n) is 6.22. The van der Waals surface area contributed by atoms with Crippen LogP contribution in [0, 0.1) is 5.92 Å². The Balaban J connectivity index is 2.43. The highest BCUT2D eigenvalue weighted by Crippen LogP contribution is 2.17. The van der Waals surface area contributed by atoms with E-state index in [0.717, 1.165) is 45.4 Å². The minimum Gasteiger partial charge on any atom is -0.384 e. The number of hydrogen-bond acceptors (Lipinski definition) is 3. The number of piperidine rings is 1. The van der Waals surface area contributed by atoms with Crippen LogP contribution < -0.4 is 5.73 Å². The number of hydrogen-bond donors (Lipinski definition) is 1. The van der Waals surface area contributed by atoms with Crippen LogP contribution in [-0.2, 0) is 9.53 Å². The second kappa shape index (κ2) is 6.86. The Morgan fingerprint density at radius 3 is 3.00 bits per heavy atom. The number of carbonyl (C=O) groups excluding carboxylic acids is 1. The monoisotopic (exact) mass is 228 g/mol. The molecule has 0 saturated carbocycles. The van der Waals surface area contributed by atoms with Crippen molar-refractivity contribution in [3.63, 3.8) is 0 Å². The molecule has 4 heteroatoms. The van der Waals surface area contributed by atoms with Crippen LogP contribution in [0.4, 0.5) is 0 Å². The van der Waals surface area contributed by atoms with Gasteiger partial charge in [-0.05, 0) is 25.2 Å². The summed E-state index contributed by atoms with van der Waals surface area (Å²) < 4.78 is 5.15. The molecule has 2 N–H and O–H groups in total. The number of likely N-dealkylation sites (tertiary alicyclic amines) is 1. The third-order valence-electron chi connectivity index (χ3n) is 3.15. The summed E-state index contributed by atoms with van der Waals surface area (Å²) in [5.74, 6) is 0.596. The van der Waals surface area contributed by atoms with Gasteiger partial charge in [0, 0.05) is 20.2 Å². The number of nitrogens with two attached hydrogens (primary N) is 1. The molecule has 1 fully saturated rings. The van der Waals surface area contributed by atoms with Crippen LogP contribution >= 0.6 is 0 Å². The Bertz CT molecular complexity index is 219. The van der Waals surface area contributed by atoms with Crippen molar-refractivity contribution in [1.82, 2.24) is 4.90 Å². The predicted molar refractivity (Wildman–Crippen MR) is 64.1 cm³/mol. The molecule has 1 saturated heterocycles. The van der Waals surface area contributed by atoms with Gasteiger partial charge in [0.15, 0.2) is 0 Å². The average Bonchev–Trinajstić information content (AvgIpc) is 2.29. The van der Waals surface area contributed by atoms with Gasteiger partial charge >= 0.3 is 0 Å². The van der Waals surface area contributed by atoms with Gasteiger partial charge in [0.25, 0.3) is 0 Å². The number of methoxy groups -OCH3 is 1. The van der Waals surface area contributed by atoms with Gasteiger partial charge in [-0.2, -0.15) is 0 Å². The topological polar surface area (TPSA) is 55.6 Å². The molecule has 2 atom stereocenters. The maximum atomic E-state index is 12.0. The van der Waals surface area contributed by atoms with Crippen LogP contribution in [0.5, 0.6) is 0 Å². The van der Waals surface area contributed by atoms with Crippen molar-refractivity contribution in [2.24, 2.45) is 11.7 Å². The molecule has 1 unspecified atom stereocenters. The van der Waals surface area contributed by atoms with Gasteiger partial charge in [0.2, 0.25) is 5.91 Å². The van der Waals surface area contributed by atoms with Gasteiger partial charge in [-0.25, -0.2) is 0 Å². The fourth-order valence-electron chi connectivity index (χ4n) is 2.31. The van der Waals surface area contributed by atoms with Crippen molar-refractivity contribution in [2.75, 3.05) is 26.8 Å². The molecule has 0 bridgehead atoms. The van der Waals surface area contributed by atoms with E-state index >= 15 is 0 Å². The fraction of sp³-hybridized carbons (Fsp3) is 0.917. The van der Waals surface area contributed by atoms with E-state index in [1.54, 1.807) is 7.11 Å². The second-order valence-electron chi connectivity index (χ2n) is 4.64. The van der Waals surface area contributed by atoms with Crippen molar-refractivity contribution in [1.29, 1.82) is 0 Å². The predicted octanol–water partition coefficient (Wildman–Crippen LogP) is 0.999. The van der Waals surface area contributed by atoms with Crippen molar-refractivity contribution in [3.05, 3.63) is 0 Å². The van der Waals surface area contributed by atoms with Crippen molar-refractivity contribution in [2.45, 2.75) is 38.6 Å². The number of rotatable bonds is 5. The average molecular weight is 228 g/mol. The second-order valence-corrected chi connectivity index (χ2v) is 4.64. The lowest BCUT2D eigenvalue weighted by Crippen LogP contribution is -2.48. The summed E-state index contributed by atoms with van der Waals surface area (Å²) in [6.45, 7) is 4.46. The van der Waals surface area contributed by atoms with Crippen molar-refractivity contribution in [3.8, 4) is 0 Å². The minimum atomic E-state index is -0.314. The summed E-state index contributed by atoms with van der Waals surface area (Å²) in [6.07, 6.45) is 3.96. The number of carbonyl (C=O) groups is 1. The Labute approximate surface area is 98.1 Å². The molecule has 1 aliphatic heterocycles. The highest BCUT2D eigenvalue weighted by molar-refractivity contribution is 5.81. The normalized spacial score (nSPS) is 23.2. The standard InChI is InChI=1S/C12H24N2O2/c1-3-5-11(13)12(15)14-7-4-6-10(8-14)9-16-2/h10-11H,3-9,13H2,1-2H3/t10?,11-/m1/s1. The van der Waals surface area contributed by atoms with E-state index in [0.29, 0.717) is 5.92 Å². The van der Waals surface area contributed by atoms with Crippen LogP contribution in [-0.4, -0.2) is 43.7 Å². The first-order chi connectivity index (χ1) is 7.69. The molecule has 0 aromatic heterocycles. The fourth-order valence-corrected chi connectivity index (χ4v) is 2.31. The van der Waals surface area contributed by atoms with Crippen molar-refractivity contribution < 1.29 is 9.53 Å². The molecule has 0 radical (unpaired) electrons. The number of amides is 1. The maximum Gasteiger partial charge on any atom is 0.239 e. The Kier molecular flexibility index (Phi) is 5.77. The van der Waals surface area contributed by atoms with Gasteiger partial charge in [-0.15, -0.1) is 0 Å². The largest absolute Gasteiger partial charge is 0.384 e. The highest BCUT2D eigenvalue weighted by atomic mass is 16.5. The lowest BCUT2D eigenvalue weighted by Gasteiger charge is -2.34. The molecule has 0 aromatic carbocycles. The lowest BCUT2D eigenvalue weighted by molar-refractivity contribution is -0.135. The van der Waals surface area contributed by atoms with Gasteiger partial charge in [0.05, 0.1) is 12.6 Å². The zero-order valence-electron chi connectivity index (χ0n) is 10.4. The van der Waals surface area contributed by atoms with Crippen LogP contribution in [0.2, 0.25) is 0 Å². The van der Waals surface area contributed by atoms with E-state index in [1.807, 2.05) is 4.90 Å². The van der Waals surface area contributed by atoms with Crippen LogP contribution in [0.1, 0.15) is 32.6 Å².